The van der Waals surface area contributed by atoms with Crippen LogP contribution in [0.1, 0.15) is 12.2 Å². The Kier molecular flexibility index (Phi) is 7.89. The second-order valence-corrected chi connectivity index (χ2v) is 7.20. The largest absolute Gasteiger partial charge is 0.366 e. The predicted octanol–water partition coefficient (Wildman–Crippen LogP) is 3.65. The number of fused-ring (bicyclic) bond motifs is 1. The average Bonchev–Trinajstić information content (AvgIpc) is 3.17. The van der Waals surface area contributed by atoms with Gasteiger partial charge >= 0.3 is 0 Å². The topological polar surface area (TPSA) is 59.6 Å². The molecule has 1 aliphatic rings. The lowest BCUT2D eigenvalue weighted by atomic mass is 10.2. The average molecular weight is 522 g/mol. The standard InChI is InChI=1S/C22H27FN6.HI/c1-24-22(25-12-6-11-21-26-18-8-3-4-9-19(18)27-21)29-15-13-28(14-16-29)20-10-5-2-7-17(20)23;/h2-5,7-10H,6,11-16H2,1H3,(H,24,25)(H,26,27);1H. The molecule has 8 heteroatoms. The third-order valence-electron chi connectivity index (χ3n) is 5.30. The second kappa shape index (κ2) is 10.6. The van der Waals surface area contributed by atoms with Crippen molar-refractivity contribution in [1.29, 1.82) is 0 Å². The van der Waals surface area contributed by atoms with Gasteiger partial charge in [-0.05, 0) is 30.7 Å². The normalized spacial score (nSPS) is 14.7. The fourth-order valence-corrected chi connectivity index (χ4v) is 3.78. The van der Waals surface area contributed by atoms with Gasteiger partial charge in [-0.15, -0.1) is 24.0 Å². The van der Waals surface area contributed by atoms with Crippen molar-refractivity contribution in [2.45, 2.75) is 12.8 Å². The summed E-state index contributed by atoms with van der Waals surface area (Å²) in [5, 5.41) is 3.45. The van der Waals surface area contributed by atoms with Gasteiger partial charge in [-0.25, -0.2) is 9.37 Å². The minimum atomic E-state index is -0.158. The molecule has 0 atom stereocenters. The summed E-state index contributed by atoms with van der Waals surface area (Å²) in [5.41, 5.74) is 2.78. The van der Waals surface area contributed by atoms with Crippen LogP contribution in [-0.4, -0.2) is 60.6 Å². The number of anilines is 1. The molecule has 1 fully saturated rings. The highest BCUT2D eigenvalue weighted by molar-refractivity contribution is 14.0. The van der Waals surface area contributed by atoms with Crippen LogP contribution in [0.15, 0.2) is 53.5 Å². The maximum absolute atomic E-state index is 14.0. The number of para-hydroxylation sites is 3. The maximum Gasteiger partial charge on any atom is 0.193 e. The Morgan fingerprint density at radius 2 is 1.83 bits per heavy atom. The molecule has 0 bridgehead atoms. The number of hydrogen-bond acceptors (Lipinski definition) is 3. The van der Waals surface area contributed by atoms with E-state index < -0.39 is 0 Å². The number of aliphatic imine (C=N–C) groups is 1. The number of aryl methyl sites for hydroxylation is 1. The molecule has 4 rings (SSSR count). The SMILES string of the molecule is CN=C(NCCCc1nc2ccccc2[nH]1)N1CCN(c2ccccc2F)CC1.I. The zero-order valence-electron chi connectivity index (χ0n) is 17.1. The van der Waals surface area contributed by atoms with Crippen LogP contribution in [0.3, 0.4) is 0 Å². The van der Waals surface area contributed by atoms with Crippen LogP contribution in [0.2, 0.25) is 0 Å². The van der Waals surface area contributed by atoms with Crippen molar-refractivity contribution < 1.29 is 4.39 Å². The van der Waals surface area contributed by atoms with Crippen LogP contribution in [0.25, 0.3) is 11.0 Å². The minimum Gasteiger partial charge on any atom is -0.366 e. The molecule has 0 aliphatic carbocycles. The quantitative estimate of drug-likeness (QED) is 0.233. The summed E-state index contributed by atoms with van der Waals surface area (Å²) < 4.78 is 14.0. The number of H-pyrrole nitrogens is 1. The number of guanidine groups is 1. The van der Waals surface area contributed by atoms with Crippen molar-refractivity contribution in [3.05, 3.63) is 60.2 Å². The molecule has 1 saturated heterocycles. The van der Waals surface area contributed by atoms with Gasteiger partial charge in [0.05, 0.1) is 16.7 Å². The van der Waals surface area contributed by atoms with Crippen molar-refractivity contribution in [1.82, 2.24) is 20.2 Å². The molecule has 2 N–H and O–H groups in total. The first-order valence-corrected chi connectivity index (χ1v) is 10.1. The molecule has 2 heterocycles. The lowest BCUT2D eigenvalue weighted by Crippen LogP contribution is -2.52. The zero-order valence-corrected chi connectivity index (χ0v) is 19.5. The van der Waals surface area contributed by atoms with Crippen LogP contribution in [0.5, 0.6) is 0 Å². The van der Waals surface area contributed by atoms with Crippen molar-refractivity contribution >= 4 is 46.7 Å². The maximum atomic E-state index is 14.0. The molecule has 160 valence electrons. The van der Waals surface area contributed by atoms with Gasteiger partial charge in [-0.1, -0.05) is 24.3 Å². The summed E-state index contributed by atoms with van der Waals surface area (Å²) in [4.78, 5) is 16.7. The van der Waals surface area contributed by atoms with E-state index in [0.717, 1.165) is 68.4 Å². The molecule has 0 amide bonds. The van der Waals surface area contributed by atoms with Crippen molar-refractivity contribution in [2.24, 2.45) is 4.99 Å². The van der Waals surface area contributed by atoms with Gasteiger partial charge in [-0.3, -0.25) is 4.99 Å². The van der Waals surface area contributed by atoms with E-state index in [1.54, 1.807) is 6.07 Å². The van der Waals surface area contributed by atoms with Crippen molar-refractivity contribution in [2.75, 3.05) is 44.7 Å². The second-order valence-electron chi connectivity index (χ2n) is 7.20. The molecule has 3 aromatic rings. The Labute approximate surface area is 193 Å². The molecule has 0 spiro atoms. The smallest absolute Gasteiger partial charge is 0.193 e. The van der Waals surface area contributed by atoms with Crippen molar-refractivity contribution in [3.8, 4) is 0 Å². The predicted molar refractivity (Wildman–Crippen MR) is 131 cm³/mol. The number of aromatic amines is 1. The molecule has 30 heavy (non-hydrogen) atoms. The summed E-state index contributed by atoms with van der Waals surface area (Å²) in [5.74, 6) is 1.76. The van der Waals surface area contributed by atoms with Crippen LogP contribution < -0.4 is 10.2 Å². The number of nitrogens with zero attached hydrogens (tertiary/aromatic N) is 4. The van der Waals surface area contributed by atoms with E-state index in [1.807, 2.05) is 43.4 Å². The summed E-state index contributed by atoms with van der Waals surface area (Å²) >= 11 is 0. The highest BCUT2D eigenvalue weighted by atomic mass is 127. The van der Waals surface area contributed by atoms with Crippen LogP contribution >= 0.6 is 24.0 Å². The van der Waals surface area contributed by atoms with E-state index in [-0.39, 0.29) is 29.8 Å². The first kappa shape index (κ1) is 22.3. The number of halogens is 2. The van der Waals surface area contributed by atoms with E-state index >= 15 is 0 Å². The van der Waals surface area contributed by atoms with Gasteiger partial charge in [-0.2, -0.15) is 0 Å². The van der Waals surface area contributed by atoms with E-state index in [9.17, 15) is 4.39 Å². The molecule has 0 radical (unpaired) electrons. The lowest BCUT2D eigenvalue weighted by molar-refractivity contribution is 0.370. The van der Waals surface area contributed by atoms with Crippen LogP contribution in [0, 0.1) is 5.82 Å². The van der Waals surface area contributed by atoms with E-state index in [0.29, 0.717) is 5.69 Å². The molecule has 1 aromatic heterocycles. The molecular weight excluding hydrogens is 494 g/mol. The molecule has 6 nitrogen and oxygen atoms in total. The fraction of sp³-hybridized carbons (Fsp3) is 0.364. The fourth-order valence-electron chi connectivity index (χ4n) is 3.78. The van der Waals surface area contributed by atoms with Gasteiger partial charge in [0, 0.05) is 46.2 Å². The zero-order chi connectivity index (χ0) is 20.1. The van der Waals surface area contributed by atoms with Gasteiger partial charge in [0.25, 0.3) is 0 Å². The summed E-state index contributed by atoms with van der Waals surface area (Å²) in [6, 6.07) is 15.1. The molecule has 2 aromatic carbocycles. The van der Waals surface area contributed by atoms with E-state index in [2.05, 4.69) is 30.1 Å². The minimum absolute atomic E-state index is 0. The summed E-state index contributed by atoms with van der Waals surface area (Å²) in [7, 11) is 1.81. The van der Waals surface area contributed by atoms with Crippen LogP contribution in [-0.2, 0) is 6.42 Å². The van der Waals surface area contributed by atoms with Crippen LogP contribution in [0.4, 0.5) is 10.1 Å². The van der Waals surface area contributed by atoms with Crippen molar-refractivity contribution in [3.63, 3.8) is 0 Å². The first-order valence-electron chi connectivity index (χ1n) is 10.1. The Bertz CT molecular complexity index is 947. The Balaban J connectivity index is 0.00000256. The number of rotatable bonds is 5. The third-order valence-corrected chi connectivity index (χ3v) is 5.30. The lowest BCUT2D eigenvalue weighted by Gasteiger charge is -2.37. The van der Waals surface area contributed by atoms with Gasteiger partial charge < -0.3 is 20.1 Å². The molecule has 1 aliphatic heterocycles. The van der Waals surface area contributed by atoms with Gasteiger partial charge in [0.15, 0.2) is 5.96 Å². The highest BCUT2D eigenvalue weighted by Gasteiger charge is 2.21. The molecule has 0 unspecified atom stereocenters. The molecule has 0 saturated carbocycles. The summed E-state index contributed by atoms with van der Waals surface area (Å²) in [6.45, 7) is 4.02. The highest BCUT2D eigenvalue weighted by Crippen LogP contribution is 2.20. The third kappa shape index (κ3) is 5.21. The number of benzene rings is 2. The number of imidazole rings is 1. The van der Waals surface area contributed by atoms with Gasteiger partial charge in [0.2, 0.25) is 0 Å². The number of aromatic nitrogens is 2. The summed E-state index contributed by atoms with van der Waals surface area (Å²) in [6.07, 6.45) is 1.85. The monoisotopic (exact) mass is 522 g/mol. The van der Waals surface area contributed by atoms with Gasteiger partial charge in [0.1, 0.15) is 11.6 Å². The Morgan fingerprint density at radius 3 is 2.57 bits per heavy atom. The van der Waals surface area contributed by atoms with E-state index in [4.69, 9.17) is 0 Å². The number of piperazine rings is 1. The molecular formula is C22H28FIN6. The van der Waals surface area contributed by atoms with E-state index in [1.165, 1.54) is 6.07 Å². The Morgan fingerprint density at radius 1 is 1.10 bits per heavy atom. The number of hydrogen-bond donors (Lipinski definition) is 2. The number of nitrogens with one attached hydrogen (secondary N) is 2. The Hall–Kier alpha value is -2.36. The first-order chi connectivity index (χ1) is 14.2.